The van der Waals surface area contributed by atoms with Crippen LogP contribution in [0.4, 0.5) is 0 Å². The predicted molar refractivity (Wildman–Crippen MR) is 79.7 cm³/mol. The molecule has 0 saturated heterocycles. The van der Waals surface area contributed by atoms with Crippen LogP contribution >= 0.6 is 11.6 Å². The fraction of sp³-hybridized carbons (Fsp3) is 0.583. The lowest BCUT2D eigenvalue weighted by molar-refractivity contribution is 0.401. The number of hydrogen-bond acceptors (Lipinski definition) is 5. The third kappa shape index (κ3) is 2.93. The zero-order valence-corrected chi connectivity index (χ0v) is 13.2. The van der Waals surface area contributed by atoms with Crippen LogP contribution in [0, 0.1) is 0 Å². The summed E-state index contributed by atoms with van der Waals surface area (Å²) < 4.78 is 18.7. The van der Waals surface area contributed by atoms with Crippen molar-refractivity contribution in [1.29, 1.82) is 0 Å². The van der Waals surface area contributed by atoms with Gasteiger partial charge in [0.2, 0.25) is 5.88 Å². The minimum absolute atomic E-state index is 0.274. The summed E-state index contributed by atoms with van der Waals surface area (Å²) in [6, 6.07) is 0. The first-order valence-electron chi connectivity index (χ1n) is 6.32. The molecule has 0 aliphatic rings. The van der Waals surface area contributed by atoms with Crippen LogP contribution in [0.25, 0.3) is 11.2 Å². The number of fused-ring (bicyclic) bond motifs is 1. The van der Waals surface area contributed by atoms with Crippen molar-refractivity contribution < 1.29 is 8.95 Å². The summed E-state index contributed by atoms with van der Waals surface area (Å²) in [5.41, 5.74) is 1.24. The molecule has 0 aromatic carbocycles. The number of imidazole rings is 1. The summed E-state index contributed by atoms with van der Waals surface area (Å²) in [6.45, 7) is 4.30. The van der Waals surface area contributed by atoms with Crippen molar-refractivity contribution in [2.75, 3.05) is 18.6 Å². The predicted octanol–water partition coefficient (Wildman–Crippen LogP) is 1.90. The minimum Gasteiger partial charge on any atom is -0.479 e. The van der Waals surface area contributed by atoms with Crippen LogP contribution in [-0.4, -0.2) is 42.3 Å². The van der Waals surface area contributed by atoms with E-state index in [0.717, 1.165) is 0 Å². The van der Waals surface area contributed by atoms with Gasteiger partial charge in [0.05, 0.1) is 12.5 Å². The Labute approximate surface area is 125 Å². The summed E-state index contributed by atoms with van der Waals surface area (Å²) in [5, 5.41) is -0.274. The Morgan fingerprint density at radius 1 is 1.50 bits per heavy atom. The van der Waals surface area contributed by atoms with Gasteiger partial charge in [0.15, 0.2) is 11.2 Å². The van der Waals surface area contributed by atoms with Gasteiger partial charge >= 0.3 is 0 Å². The second-order valence-electron chi connectivity index (χ2n) is 4.23. The van der Waals surface area contributed by atoms with Gasteiger partial charge in [0, 0.05) is 28.9 Å². The van der Waals surface area contributed by atoms with E-state index in [2.05, 4.69) is 15.0 Å². The summed E-state index contributed by atoms with van der Waals surface area (Å²) in [4.78, 5) is 12.8. The zero-order valence-electron chi connectivity index (χ0n) is 11.7. The first-order valence-corrected chi connectivity index (χ1v) is 8.25. The Morgan fingerprint density at radius 2 is 2.25 bits per heavy atom. The molecule has 2 heterocycles. The fourth-order valence-electron chi connectivity index (χ4n) is 1.94. The maximum Gasteiger partial charge on any atom is 0.245 e. The molecule has 2 atom stereocenters. The largest absolute Gasteiger partial charge is 0.479 e. The Balaban J connectivity index is 2.49. The van der Waals surface area contributed by atoms with Gasteiger partial charge in [-0.3, -0.25) is 4.21 Å². The van der Waals surface area contributed by atoms with Crippen molar-refractivity contribution >= 4 is 33.6 Å². The van der Waals surface area contributed by atoms with Gasteiger partial charge in [0.25, 0.3) is 0 Å². The lowest BCUT2D eigenvalue weighted by atomic mass is 10.4. The summed E-state index contributed by atoms with van der Waals surface area (Å²) in [7, 11) is 0.689. The molecule has 0 N–H and O–H groups in total. The fourth-order valence-corrected chi connectivity index (χ4v) is 2.79. The highest BCUT2D eigenvalue weighted by molar-refractivity contribution is 7.84. The van der Waals surface area contributed by atoms with Crippen molar-refractivity contribution in [2.45, 2.75) is 25.8 Å². The highest BCUT2D eigenvalue weighted by Gasteiger charge is 2.19. The van der Waals surface area contributed by atoms with E-state index in [-0.39, 0.29) is 5.38 Å². The van der Waals surface area contributed by atoms with E-state index < -0.39 is 10.8 Å². The number of aryl methyl sites for hydroxylation is 1. The second kappa shape index (κ2) is 6.49. The van der Waals surface area contributed by atoms with Crippen molar-refractivity contribution in [3.8, 4) is 5.88 Å². The van der Waals surface area contributed by atoms with Gasteiger partial charge in [-0.25, -0.2) is 9.97 Å². The maximum atomic E-state index is 11.6. The first kappa shape index (κ1) is 15.2. The smallest absolute Gasteiger partial charge is 0.245 e. The van der Waals surface area contributed by atoms with Gasteiger partial charge in [-0.1, -0.05) is 6.92 Å². The van der Waals surface area contributed by atoms with Gasteiger partial charge in [-0.15, -0.1) is 11.6 Å². The van der Waals surface area contributed by atoms with Crippen molar-refractivity contribution in [2.24, 2.45) is 0 Å². The average Bonchev–Trinajstić information content (AvgIpc) is 2.83. The number of methoxy groups -OCH3 is 1. The SMILES string of the molecule is CCS(=O)CCn1c(C(C)Cl)nc2c(OC)ncnc21. The molecule has 6 nitrogen and oxygen atoms in total. The molecule has 2 rings (SSSR count). The lowest BCUT2D eigenvalue weighted by Gasteiger charge is -2.09. The average molecular weight is 317 g/mol. The number of halogens is 1. The third-order valence-corrected chi connectivity index (χ3v) is 4.42. The molecule has 0 fully saturated rings. The maximum absolute atomic E-state index is 11.6. The molecule has 8 heteroatoms. The van der Waals surface area contributed by atoms with Crippen molar-refractivity contribution in [3.05, 3.63) is 12.2 Å². The van der Waals surface area contributed by atoms with Crippen LogP contribution in [0.5, 0.6) is 5.88 Å². The van der Waals surface area contributed by atoms with E-state index in [1.165, 1.54) is 13.4 Å². The molecule has 2 unspecified atom stereocenters. The number of aromatic nitrogens is 4. The molecule has 0 aliphatic carbocycles. The Hall–Kier alpha value is -1.21. The van der Waals surface area contributed by atoms with Crippen LogP contribution in [0.2, 0.25) is 0 Å². The molecule has 20 heavy (non-hydrogen) atoms. The van der Waals surface area contributed by atoms with Crippen LogP contribution in [-0.2, 0) is 17.3 Å². The molecule has 0 amide bonds. The van der Waals surface area contributed by atoms with Crippen molar-refractivity contribution in [1.82, 2.24) is 19.5 Å². The molecule has 2 aromatic rings. The second-order valence-corrected chi connectivity index (χ2v) is 6.75. The van der Waals surface area contributed by atoms with E-state index in [0.29, 0.717) is 40.9 Å². The summed E-state index contributed by atoms with van der Waals surface area (Å²) in [5.74, 6) is 2.29. The number of nitrogens with zero attached hydrogens (tertiary/aromatic N) is 4. The molecule has 0 bridgehead atoms. The Morgan fingerprint density at radius 3 is 2.85 bits per heavy atom. The highest BCUT2D eigenvalue weighted by atomic mass is 35.5. The highest BCUT2D eigenvalue weighted by Crippen LogP contribution is 2.27. The van der Waals surface area contributed by atoms with E-state index in [4.69, 9.17) is 16.3 Å². The van der Waals surface area contributed by atoms with Crippen LogP contribution in [0.1, 0.15) is 25.0 Å². The summed E-state index contributed by atoms with van der Waals surface area (Å²) >= 11 is 6.18. The Kier molecular flexibility index (Phi) is 4.93. The molecule has 110 valence electrons. The van der Waals surface area contributed by atoms with Crippen LogP contribution in [0.15, 0.2) is 6.33 Å². The first-order chi connectivity index (χ1) is 9.58. The molecule has 0 spiro atoms. The number of ether oxygens (including phenoxy) is 1. The number of alkyl halides is 1. The monoisotopic (exact) mass is 316 g/mol. The number of rotatable bonds is 6. The zero-order chi connectivity index (χ0) is 14.7. The molecular weight excluding hydrogens is 300 g/mol. The molecule has 0 saturated carbocycles. The van der Waals surface area contributed by atoms with Gasteiger partial charge in [-0.2, -0.15) is 4.98 Å². The molecule has 0 aliphatic heterocycles. The van der Waals surface area contributed by atoms with Crippen LogP contribution in [0.3, 0.4) is 0 Å². The standard InChI is InChI=1S/C12H17ClN4O2S/c1-4-20(18)6-5-17-10(8(2)13)16-9-11(17)14-7-15-12(9)19-3/h7-8H,4-6H2,1-3H3. The topological polar surface area (TPSA) is 69.9 Å². The van der Waals surface area contributed by atoms with E-state index in [1.54, 1.807) is 0 Å². The van der Waals surface area contributed by atoms with Crippen molar-refractivity contribution in [3.63, 3.8) is 0 Å². The van der Waals surface area contributed by atoms with E-state index >= 15 is 0 Å². The Bertz CT molecular complexity index is 629. The van der Waals surface area contributed by atoms with E-state index in [1.807, 2.05) is 18.4 Å². The normalized spacial score (nSPS) is 14.4. The minimum atomic E-state index is -0.850. The lowest BCUT2D eigenvalue weighted by Crippen LogP contribution is -2.12. The molecule has 0 radical (unpaired) electrons. The van der Waals surface area contributed by atoms with Gasteiger partial charge in [-0.05, 0) is 6.92 Å². The van der Waals surface area contributed by atoms with Crippen LogP contribution < -0.4 is 4.74 Å². The van der Waals surface area contributed by atoms with Gasteiger partial charge < -0.3 is 9.30 Å². The number of hydrogen-bond donors (Lipinski definition) is 0. The van der Waals surface area contributed by atoms with Gasteiger partial charge in [0.1, 0.15) is 12.2 Å². The molecular formula is C12H17ClN4O2S. The summed E-state index contributed by atoms with van der Waals surface area (Å²) in [6.07, 6.45) is 1.43. The van der Waals surface area contributed by atoms with E-state index in [9.17, 15) is 4.21 Å². The quantitative estimate of drug-likeness (QED) is 0.761. The third-order valence-electron chi connectivity index (χ3n) is 2.94. The molecule has 2 aromatic heterocycles.